The van der Waals surface area contributed by atoms with Crippen LogP contribution in [0.25, 0.3) is 0 Å². The summed E-state index contributed by atoms with van der Waals surface area (Å²) in [6, 6.07) is 7.67. The Kier molecular flexibility index (Phi) is 4.34. The quantitative estimate of drug-likeness (QED) is 0.889. The van der Waals surface area contributed by atoms with Crippen molar-refractivity contribution in [2.24, 2.45) is 0 Å². The van der Waals surface area contributed by atoms with Crippen molar-refractivity contribution in [1.29, 1.82) is 0 Å². The van der Waals surface area contributed by atoms with Gasteiger partial charge in [0.2, 0.25) is 0 Å². The molecule has 0 fully saturated rings. The second-order valence-corrected chi connectivity index (χ2v) is 4.26. The van der Waals surface area contributed by atoms with Gasteiger partial charge in [0.1, 0.15) is 17.3 Å². The van der Waals surface area contributed by atoms with Gasteiger partial charge in [-0.25, -0.2) is 4.98 Å². The predicted molar refractivity (Wildman–Crippen MR) is 76.8 cm³/mol. The molecule has 0 aliphatic heterocycles. The topological polar surface area (TPSA) is 47.0 Å². The lowest BCUT2D eigenvalue weighted by molar-refractivity contribution is 0.472. The normalized spacial score (nSPS) is 10.3. The van der Waals surface area contributed by atoms with Crippen LogP contribution in [0.3, 0.4) is 0 Å². The fourth-order valence-electron chi connectivity index (χ4n) is 1.82. The maximum atomic E-state index is 5.90. The summed E-state index contributed by atoms with van der Waals surface area (Å²) in [5.74, 6) is 2.39. The SMILES string of the molecule is CCNc1cc(Oc2ccc(C)nc2CC)ccn1. The zero-order chi connectivity index (χ0) is 13.7. The molecule has 1 N–H and O–H groups in total. The number of rotatable bonds is 5. The molecule has 0 aromatic carbocycles. The average Bonchev–Trinajstić information content (AvgIpc) is 2.41. The lowest BCUT2D eigenvalue weighted by Gasteiger charge is -2.11. The van der Waals surface area contributed by atoms with Crippen molar-refractivity contribution in [2.45, 2.75) is 27.2 Å². The number of hydrogen-bond acceptors (Lipinski definition) is 4. The number of anilines is 1. The highest BCUT2D eigenvalue weighted by atomic mass is 16.5. The summed E-state index contributed by atoms with van der Waals surface area (Å²) in [5.41, 5.74) is 1.98. The van der Waals surface area contributed by atoms with Gasteiger partial charge in [-0.2, -0.15) is 0 Å². The molecule has 0 unspecified atom stereocenters. The van der Waals surface area contributed by atoms with Crippen LogP contribution in [-0.2, 0) is 6.42 Å². The zero-order valence-electron chi connectivity index (χ0n) is 11.6. The summed E-state index contributed by atoms with van der Waals surface area (Å²) in [4.78, 5) is 8.71. The number of pyridine rings is 2. The van der Waals surface area contributed by atoms with Crippen LogP contribution in [0.5, 0.6) is 11.5 Å². The zero-order valence-corrected chi connectivity index (χ0v) is 11.6. The fraction of sp³-hybridized carbons (Fsp3) is 0.333. The number of nitrogens with one attached hydrogen (secondary N) is 1. The Balaban J connectivity index is 2.23. The molecule has 2 rings (SSSR count). The van der Waals surface area contributed by atoms with Crippen molar-refractivity contribution < 1.29 is 4.74 Å². The third-order valence-electron chi connectivity index (χ3n) is 2.72. The lowest BCUT2D eigenvalue weighted by Crippen LogP contribution is -2.00. The first-order valence-corrected chi connectivity index (χ1v) is 6.57. The van der Waals surface area contributed by atoms with Crippen LogP contribution >= 0.6 is 0 Å². The van der Waals surface area contributed by atoms with Crippen molar-refractivity contribution in [3.8, 4) is 11.5 Å². The Hall–Kier alpha value is -2.10. The van der Waals surface area contributed by atoms with Crippen molar-refractivity contribution >= 4 is 5.82 Å². The number of aryl methyl sites for hydroxylation is 2. The second-order valence-electron chi connectivity index (χ2n) is 4.26. The van der Waals surface area contributed by atoms with E-state index in [2.05, 4.69) is 22.2 Å². The largest absolute Gasteiger partial charge is 0.455 e. The number of aromatic nitrogens is 2. The Morgan fingerprint density at radius 2 is 2.05 bits per heavy atom. The van der Waals surface area contributed by atoms with E-state index in [1.165, 1.54) is 0 Å². The molecule has 0 atom stereocenters. The van der Waals surface area contributed by atoms with Gasteiger partial charge in [-0.1, -0.05) is 6.92 Å². The first-order chi connectivity index (χ1) is 9.22. The first-order valence-electron chi connectivity index (χ1n) is 6.57. The molecule has 4 nitrogen and oxygen atoms in total. The number of hydrogen-bond donors (Lipinski definition) is 1. The van der Waals surface area contributed by atoms with Gasteiger partial charge in [0.15, 0.2) is 0 Å². The molecule has 0 amide bonds. The smallest absolute Gasteiger partial charge is 0.148 e. The molecule has 2 aromatic rings. The van der Waals surface area contributed by atoms with Gasteiger partial charge in [0.05, 0.1) is 5.69 Å². The minimum absolute atomic E-state index is 0.770. The highest BCUT2D eigenvalue weighted by molar-refractivity contribution is 5.43. The van der Waals surface area contributed by atoms with Gasteiger partial charge in [-0.3, -0.25) is 4.98 Å². The summed E-state index contributed by atoms with van der Waals surface area (Å²) >= 11 is 0. The van der Waals surface area contributed by atoms with Gasteiger partial charge < -0.3 is 10.1 Å². The molecule has 2 heterocycles. The van der Waals surface area contributed by atoms with Crippen LogP contribution in [0, 0.1) is 6.92 Å². The molecule has 4 heteroatoms. The molecule has 0 aliphatic rings. The molecule has 19 heavy (non-hydrogen) atoms. The van der Waals surface area contributed by atoms with E-state index in [9.17, 15) is 0 Å². The average molecular weight is 257 g/mol. The van der Waals surface area contributed by atoms with Crippen LogP contribution in [0.1, 0.15) is 25.2 Å². The minimum Gasteiger partial charge on any atom is -0.455 e. The summed E-state index contributed by atoms with van der Waals surface area (Å²) in [6.45, 7) is 6.93. The molecule has 0 bridgehead atoms. The number of ether oxygens (including phenoxy) is 1. The van der Waals surface area contributed by atoms with Gasteiger partial charge in [0.25, 0.3) is 0 Å². The highest BCUT2D eigenvalue weighted by Gasteiger charge is 2.06. The Bertz CT molecular complexity index is 555. The van der Waals surface area contributed by atoms with Gasteiger partial charge in [-0.05, 0) is 38.5 Å². The van der Waals surface area contributed by atoms with E-state index in [-0.39, 0.29) is 0 Å². The maximum absolute atomic E-state index is 5.90. The monoisotopic (exact) mass is 257 g/mol. The number of nitrogens with zero attached hydrogens (tertiary/aromatic N) is 2. The molecule has 0 spiro atoms. The van der Waals surface area contributed by atoms with Crippen molar-refractivity contribution in [3.05, 3.63) is 41.9 Å². The maximum Gasteiger partial charge on any atom is 0.148 e. The molecular formula is C15H19N3O. The van der Waals surface area contributed by atoms with E-state index in [1.807, 2.05) is 38.1 Å². The first kappa shape index (κ1) is 13.3. The standard InChI is InChI=1S/C15H19N3O/c1-4-13-14(7-6-11(3)18-13)19-12-8-9-17-15(10-12)16-5-2/h6-10H,4-5H2,1-3H3,(H,16,17). The van der Waals surface area contributed by atoms with Crippen molar-refractivity contribution in [2.75, 3.05) is 11.9 Å². The van der Waals surface area contributed by atoms with Crippen molar-refractivity contribution in [3.63, 3.8) is 0 Å². The molecule has 2 aromatic heterocycles. The molecule has 100 valence electrons. The van der Waals surface area contributed by atoms with E-state index in [4.69, 9.17) is 4.74 Å². The lowest BCUT2D eigenvalue weighted by atomic mass is 10.2. The molecule has 0 aliphatic carbocycles. The highest BCUT2D eigenvalue weighted by Crippen LogP contribution is 2.25. The fourth-order valence-corrected chi connectivity index (χ4v) is 1.82. The predicted octanol–water partition coefficient (Wildman–Crippen LogP) is 3.57. The van der Waals surface area contributed by atoms with E-state index < -0.39 is 0 Å². The summed E-state index contributed by atoms with van der Waals surface area (Å²) < 4.78 is 5.90. The van der Waals surface area contributed by atoms with Crippen LogP contribution in [-0.4, -0.2) is 16.5 Å². The van der Waals surface area contributed by atoms with Gasteiger partial charge in [-0.15, -0.1) is 0 Å². The van der Waals surface area contributed by atoms with Gasteiger partial charge >= 0.3 is 0 Å². The van der Waals surface area contributed by atoms with Crippen LogP contribution < -0.4 is 10.1 Å². The summed E-state index contributed by atoms with van der Waals surface area (Å²) in [6.07, 6.45) is 2.59. The Morgan fingerprint density at radius 1 is 1.21 bits per heavy atom. The van der Waals surface area contributed by atoms with Crippen molar-refractivity contribution in [1.82, 2.24) is 9.97 Å². The third kappa shape index (κ3) is 3.44. The van der Waals surface area contributed by atoms with E-state index in [0.29, 0.717) is 0 Å². The van der Waals surface area contributed by atoms with Crippen LogP contribution in [0.2, 0.25) is 0 Å². The van der Waals surface area contributed by atoms with E-state index in [0.717, 1.165) is 41.7 Å². The summed E-state index contributed by atoms with van der Waals surface area (Å²) in [7, 11) is 0. The third-order valence-corrected chi connectivity index (χ3v) is 2.72. The summed E-state index contributed by atoms with van der Waals surface area (Å²) in [5, 5.41) is 3.16. The van der Waals surface area contributed by atoms with Crippen LogP contribution in [0.4, 0.5) is 5.82 Å². The van der Waals surface area contributed by atoms with E-state index >= 15 is 0 Å². The molecule has 0 saturated carbocycles. The Labute approximate surface area is 113 Å². The molecular weight excluding hydrogens is 238 g/mol. The minimum atomic E-state index is 0.770. The van der Waals surface area contributed by atoms with Crippen LogP contribution in [0.15, 0.2) is 30.5 Å². The molecule has 0 saturated heterocycles. The Morgan fingerprint density at radius 3 is 2.79 bits per heavy atom. The van der Waals surface area contributed by atoms with Gasteiger partial charge in [0, 0.05) is 24.5 Å². The second kappa shape index (κ2) is 6.18. The van der Waals surface area contributed by atoms with E-state index in [1.54, 1.807) is 6.20 Å². The molecule has 0 radical (unpaired) electrons.